The second kappa shape index (κ2) is 9.31. The van der Waals surface area contributed by atoms with Gasteiger partial charge in [-0.15, -0.1) is 11.3 Å². The van der Waals surface area contributed by atoms with Gasteiger partial charge in [0.05, 0.1) is 22.4 Å². The summed E-state index contributed by atoms with van der Waals surface area (Å²) in [5, 5.41) is 9.78. The predicted molar refractivity (Wildman–Crippen MR) is 142 cm³/mol. The molecule has 2 aromatic carbocycles. The molecule has 2 aliphatic carbocycles. The molecular formula is C30H35NO4S. The number of hydrogen-bond acceptors (Lipinski definition) is 5. The van der Waals surface area contributed by atoms with E-state index < -0.39 is 5.97 Å². The number of benzene rings is 2. The van der Waals surface area contributed by atoms with Crippen LogP contribution >= 0.6 is 11.3 Å². The van der Waals surface area contributed by atoms with Crippen LogP contribution in [0.5, 0.6) is 5.75 Å². The van der Waals surface area contributed by atoms with Crippen LogP contribution in [0.3, 0.4) is 0 Å². The predicted octanol–water partition coefficient (Wildman–Crippen LogP) is 7.05. The van der Waals surface area contributed by atoms with Crippen molar-refractivity contribution in [3.8, 4) is 16.2 Å². The van der Waals surface area contributed by atoms with Gasteiger partial charge in [-0.3, -0.25) is 9.78 Å². The molecule has 3 aromatic rings. The Morgan fingerprint density at radius 1 is 1.25 bits per heavy atom. The highest BCUT2D eigenvalue weighted by molar-refractivity contribution is 7.13. The molecule has 190 valence electrons. The standard InChI is InChI=1S/C30H35NO4S/c1-18-26(28(32)33)30(18)12-6-7-20-9-10-21(14-24(20)30)35-16-19-8-11-22(25-15-31-17-36-25)23(13-19)27(34-5)29(2,3)4/h8-11,13-15,17-18,26-27H,6-7,12,16H2,1-5H3,(H,32,33)/t18-,26-,27-,30-/m0/s1. The summed E-state index contributed by atoms with van der Waals surface area (Å²) < 4.78 is 12.3. The molecule has 0 amide bonds. The number of hydrogen-bond donors (Lipinski definition) is 1. The molecule has 1 N–H and O–H groups in total. The minimum atomic E-state index is -0.679. The Labute approximate surface area is 217 Å². The maximum atomic E-state index is 11.9. The fourth-order valence-electron chi connectivity index (χ4n) is 6.47. The van der Waals surface area contributed by atoms with Gasteiger partial charge < -0.3 is 14.6 Å². The van der Waals surface area contributed by atoms with Crippen LogP contribution in [-0.4, -0.2) is 23.2 Å². The Balaban J connectivity index is 1.43. The zero-order valence-corrected chi connectivity index (χ0v) is 22.5. The van der Waals surface area contributed by atoms with Gasteiger partial charge in [-0.25, -0.2) is 0 Å². The number of aryl methyl sites for hydroxylation is 1. The van der Waals surface area contributed by atoms with E-state index in [1.165, 1.54) is 11.1 Å². The molecule has 6 heteroatoms. The minimum Gasteiger partial charge on any atom is -0.489 e. The van der Waals surface area contributed by atoms with E-state index in [0.717, 1.165) is 46.6 Å². The molecule has 0 aliphatic heterocycles. The van der Waals surface area contributed by atoms with Crippen molar-refractivity contribution in [1.82, 2.24) is 4.98 Å². The van der Waals surface area contributed by atoms with Crippen molar-refractivity contribution in [2.45, 2.75) is 65.1 Å². The van der Waals surface area contributed by atoms with Gasteiger partial charge in [-0.05, 0) is 76.6 Å². The molecule has 5 nitrogen and oxygen atoms in total. The van der Waals surface area contributed by atoms with Gasteiger partial charge >= 0.3 is 5.97 Å². The Morgan fingerprint density at radius 2 is 2.06 bits per heavy atom. The number of thiazole rings is 1. The summed E-state index contributed by atoms with van der Waals surface area (Å²) in [5.41, 5.74) is 7.33. The van der Waals surface area contributed by atoms with Gasteiger partial charge in [-0.1, -0.05) is 45.9 Å². The summed E-state index contributed by atoms with van der Waals surface area (Å²) in [6.45, 7) is 9.07. The van der Waals surface area contributed by atoms with E-state index in [1.54, 1.807) is 18.4 Å². The monoisotopic (exact) mass is 505 g/mol. The third kappa shape index (κ3) is 4.24. The van der Waals surface area contributed by atoms with Crippen molar-refractivity contribution in [2.24, 2.45) is 17.3 Å². The fraction of sp³-hybridized carbons (Fsp3) is 0.467. The van der Waals surface area contributed by atoms with Crippen LogP contribution in [0.1, 0.15) is 68.9 Å². The van der Waals surface area contributed by atoms with E-state index in [4.69, 9.17) is 9.47 Å². The van der Waals surface area contributed by atoms with Crippen LogP contribution in [0.4, 0.5) is 0 Å². The Kier molecular flexibility index (Phi) is 6.46. The molecule has 1 aromatic heterocycles. The van der Waals surface area contributed by atoms with Gasteiger partial charge in [0.25, 0.3) is 0 Å². The Morgan fingerprint density at radius 3 is 2.69 bits per heavy atom. The van der Waals surface area contributed by atoms with Gasteiger partial charge in [0.2, 0.25) is 0 Å². The van der Waals surface area contributed by atoms with Crippen LogP contribution in [0.2, 0.25) is 0 Å². The molecular weight excluding hydrogens is 470 g/mol. The van der Waals surface area contributed by atoms with Gasteiger partial charge in [0, 0.05) is 18.7 Å². The molecule has 0 radical (unpaired) electrons. The highest BCUT2D eigenvalue weighted by Gasteiger charge is 2.67. The third-order valence-electron chi connectivity index (χ3n) is 8.17. The minimum absolute atomic E-state index is 0.0811. The van der Waals surface area contributed by atoms with Crippen molar-refractivity contribution in [1.29, 1.82) is 0 Å². The number of fused-ring (bicyclic) bond motifs is 2. The van der Waals surface area contributed by atoms with Gasteiger partial charge in [0.15, 0.2) is 0 Å². The number of methoxy groups -OCH3 is 1. The quantitative estimate of drug-likeness (QED) is 0.373. The molecule has 0 bridgehead atoms. The normalized spacial score (nSPS) is 23.8. The van der Waals surface area contributed by atoms with Crippen LogP contribution in [0.25, 0.3) is 10.4 Å². The van der Waals surface area contributed by atoms with Gasteiger partial charge in [-0.2, -0.15) is 0 Å². The molecule has 2 aliphatic rings. The average Bonchev–Trinajstić information content (AvgIpc) is 3.17. The lowest BCUT2D eigenvalue weighted by molar-refractivity contribution is -0.139. The smallest absolute Gasteiger partial charge is 0.307 e. The van der Waals surface area contributed by atoms with Crippen LogP contribution < -0.4 is 4.74 Å². The van der Waals surface area contributed by atoms with Crippen molar-refractivity contribution >= 4 is 17.3 Å². The molecule has 0 unspecified atom stereocenters. The maximum Gasteiger partial charge on any atom is 0.307 e. The first-order valence-corrected chi connectivity index (χ1v) is 13.6. The molecule has 36 heavy (non-hydrogen) atoms. The van der Waals surface area contributed by atoms with Crippen molar-refractivity contribution in [2.75, 3.05) is 7.11 Å². The molecule has 1 heterocycles. The molecule has 1 saturated carbocycles. The van der Waals surface area contributed by atoms with E-state index in [9.17, 15) is 9.90 Å². The molecule has 1 spiro atoms. The highest BCUT2D eigenvalue weighted by Crippen LogP contribution is 2.65. The number of carbonyl (C=O) groups is 1. The summed E-state index contributed by atoms with van der Waals surface area (Å²) >= 11 is 1.63. The van der Waals surface area contributed by atoms with E-state index in [2.05, 4.69) is 63.0 Å². The van der Waals surface area contributed by atoms with Crippen molar-refractivity contribution in [3.63, 3.8) is 0 Å². The summed E-state index contributed by atoms with van der Waals surface area (Å²) in [6, 6.07) is 12.7. The van der Waals surface area contributed by atoms with Crippen LogP contribution in [0, 0.1) is 17.3 Å². The van der Waals surface area contributed by atoms with Crippen LogP contribution in [0.15, 0.2) is 48.1 Å². The highest BCUT2D eigenvalue weighted by atomic mass is 32.1. The molecule has 0 saturated heterocycles. The maximum absolute atomic E-state index is 11.9. The van der Waals surface area contributed by atoms with Crippen LogP contribution in [-0.2, 0) is 28.0 Å². The second-order valence-corrected chi connectivity index (χ2v) is 12.3. The molecule has 4 atom stereocenters. The number of carboxylic acids is 1. The van der Waals surface area contributed by atoms with Crippen molar-refractivity contribution < 1.29 is 19.4 Å². The molecule has 5 rings (SSSR count). The first-order valence-electron chi connectivity index (χ1n) is 12.7. The number of carboxylic acid groups (broad SMARTS) is 1. The van der Waals surface area contributed by atoms with E-state index in [1.807, 2.05) is 17.8 Å². The average molecular weight is 506 g/mol. The summed E-state index contributed by atoms with van der Waals surface area (Å²) in [7, 11) is 1.77. The number of rotatable bonds is 7. The fourth-order valence-corrected chi connectivity index (χ4v) is 7.14. The van der Waals surface area contributed by atoms with E-state index in [0.29, 0.717) is 6.61 Å². The Hall–Kier alpha value is -2.70. The Bertz CT molecular complexity index is 1260. The number of nitrogens with zero attached hydrogens (tertiary/aromatic N) is 1. The zero-order valence-electron chi connectivity index (χ0n) is 21.7. The second-order valence-electron chi connectivity index (χ2n) is 11.4. The van der Waals surface area contributed by atoms with E-state index in [-0.39, 0.29) is 28.8 Å². The lowest BCUT2D eigenvalue weighted by Gasteiger charge is -2.31. The first kappa shape index (κ1) is 25.0. The summed E-state index contributed by atoms with van der Waals surface area (Å²) in [4.78, 5) is 17.3. The largest absolute Gasteiger partial charge is 0.489 e. The van der Waals surface area contributed by atoms with Gasteiger partial charge in [0.1, 0.15) is 12.4 Å². The number of aromatic nitrogens is 1. The third-order valence-corrected chi connectivity index (χ3v) is 8.97. The first-order chi connectivity index (χ1) is 17.2. The molecule has 1 fully saturated rings. The topological polar surface area (TPSA) is 68.7 Å². The lowest BCUT2D eigenvalue weighted by atomic mass is 9.77. The lowest BCUT2D eigenvalue weighted by Crippen LogP contribution is -2.22. The number of aliphatic carboxylic acids is 1. The summed E-state index contributed by atoms with van der Waals surface area (Å²) in [5.74, 6) is -0.0150. The zero-order chi connectivity index (χ0) is 25.7. The van der Waals surface area contributed by atoms with Crippen molar-refractivity contribution in [3.05, 3.63) is 70.4 Å². The van der Waals surface area contributed by atoms with E-state index >= 15 is 0 Å². The SMILES string of the molecule is CO[C@@H](c1cc(COc2ccc3c(c2)[C@@]2(CCC3)[C@H](C(=O)O)[C@@H]2C)ccc1-c1cncs1)C(C)(C)C. The summed E-state index contributed by atoms with van der Waals surface area (Å²) in [6.07, 6.45) is 4.81. The number of ether oxygens (including phenoxy) is 2.